The predicted molar refractivity (Wildman–Crippen MR) is 76.0 cm³/mol. The first-order chi connectivity index (χ1) is 9.56. The number of rotatable bonds is 5. The van der Waals surface area contributed by atoms with E-state index < -0.39 is 17.9 Å². The van der Waals surface area contributed by atoms with E-state index in [0.717, 1.165) is 4.88 Å². The van der Waals surface area contributed by atoms with E-state index >= 15 is 0 Å². The Morgan fingerprint density at radius 1 is 1.35 bits per heavy atom. The minimum absolute atomic E-state index is 0.157. The molecule has 0 aliphatic carbocycles. The van der Waals surface area contributed by atoms with Gasteiger partial charge in [-0.2, -0.15) is 0 Å². The summed E-state index contributed by atoms with van der Waals surface area (Å²) in [5, 5.41) is 13.6. The summed E-state index contributed by atoms with van der Waals surface area (Å²) in [7, 11) is 0. The number of halogens is 1. The van der Waals surface area contributed by atoms with Gasteiger partial charge in [0, 0.05) is 4.88 Å². The number of carbonyl (C=O) groups excluding carboxylic acids is 1. The molecule has 2 rings (SSSR count). The lowest BCUT2D eigenvalue weighted by atomic mass is 10.1. The Morgan fingerprint density at radius 3 is 2.75 bits per heavy atom. The van der Waals surface area contributed by atoms with Crippen molar-refractivity contribution in [3.8, 4) is 0 Å². The highest BCUT2D eigenvalue weighted by Gasteiger charge is 2.20. The number of aliphatic carboxylic acids is 1. The summed E-state index contributed by atoms with van der Waals surface area (Å²) in [5.41, 5.74) is 0.157. The van der Waals surface area contributed by atoms with Gasteiger partial charge in [-0.1, -0.05) is 23.7 Å². The van der Waals surface area contributed by atoms with Crippen molar-refractivity contribution >= 4 is 34.8 Å². The first-order valence-electron chi connectivity index (χ1n) is 5.75. The maximum Gasteiger partial charge on any atom is 0.305 e. The van der Waals surface area contributed by atoms with E-state index in [1.165, 1.54) is 17.4 Å². The maximum atomic E-state index is 12.1. The van der Waals surface area contributed by atoms with Gasteiger partial charge in [-0.15, -0.1) is 11.3 Å². The Balaban J connectivity index is 2.15. The van der Waals surface area contributed by atoms with Crippen LogP contribution in [0.15, 0.2) is 35.7 Å². The number of nitrogens with zero attached hydrogens (tertiary/aromatic N) is 1. The zero-order valence-corrected chi connectivity index (χ0v) is 11.8. The second kappa shape index (κ2) is 6.49. The van der Waals surface area contributed by atoms with Crippen LogP contribution in [-0.2, 0) is 4.79 Å². The van der Waals surface area contributed by atoms with Gasteiger partial charge >= 0.3 is 5.97 Å². The number of carboxylic acids is 1. The van der Waals surface area contributed by atoms with E-state index in [1.54, 1.807) is 24.3 Å². The summed E-state index contributed by atoms with van der Waals surface area (Å²) in [6.07, 6.45) is -0.188. The van der Waals surface area contributed by atoms with Crippen molar-refractivity contribution in [2.75, 3.05) is 0 Å². The monoisotopic (exact) mass is 310 g/mol. The van der Waals surface area contributed by atoms with Gasteiger partial charge in [0.2, 0.25) is 0 Å². The topological polar surface area (TPSA) is 79.3 Å². The number of nitrogens with one attached hydrogen (secondary N) is 1. The molecule has 1 amide bonds. The summed E-state index contributed by atoms with van der Waals surface area (Å²) in [6, 6.07) is 7.70. The average molecular weight is 311 g/mol. The number of pyridine rings is 1. The molecule has 0 fully saturated rings. The summed E-state index contributed by atoms with van der Waals surface area (Å²) >= 11 is 7.12. The molecule has 1 unspecified atom stereocenters. The molecule has 2 aromatic heterocycles. The molecule has 0 aliphatic heterocycles. The van der Waals surface area contributed by atoms with Crippen LogP contribution >= 0.6 is 22.9 Å². The molecule has 0 aromatic carbocycles. The summed E-state index contributed by atoms with van der Waals surface area (Å²) < 4.78 is 0. The summed E-state index contributed by atoms with van der Waals surface area (Å²) in [5.74, 6) is -1.44. The Kier molecular flexibility index (Phi) is 4.70. The van der Waals surface area contributed by atoms with Crippen molar-refractivity contribution in [2.24, 2.45) is 0 Å². The van der Waals surface area contributed by atoms with E-state index in [2.05, 4.69) is 10.3 Å². The highest BCUT2D eigenvalue weighted by atomic mass is 35.5. The third-order valence-electron chi connectivity index (χ3n) is 2.52. The van der Waals surface area contributed by atoms with Gasteiger partial charge in [0.1, 0.15) is 10.8 Å². The fourth-order valence-electron chi connectivity index (χ4n) is 1.65. The number of hydrogen-bond acceptors (Lipinski definition) is 4. The highest BCUT2D eigenvalue weighted by Crippen LogP contribution is 2.22. The molecule has 20 heavy (non-hydrogen) atoms. The van der Waals surface area contributed by atoms with Crippen molar-refractivity contribution in [1.29, 1.82) is 0 Å². The predicted octanol–water partition coefficient (Wildman–Crippen LogP) is 2.74. The second-order valence-corrected chi connectivity index (χ2v) is 5.35. The first kappa shape index (κ1) is 14.5. The van der Waals surface area contributed by atoms with E-state index in [4.69, 9.17) is 16.7 Å². The van der Waals surface area contributed by atoms with Gasteiger partial charge in [-0.05, 0) is 23.6 Å². The third kappa shape index (κ3) is 3.79. The van der Waals surface area contributed by atoms with Gasteiger partial charge in [-0.25, -0.2) is 4.98 Å². The standard InChI is InChI=1S/C13H11ClN2O3S/c14-11-5-1-3-8(15-11)13(19)16-9(7-12(17)18)10-4-2-6-20-10/h1-6,9H,7H2,(H,16,19)(H,17,18). The molecule has 2 N–H and O–H groups in total. The first-order valence-corrected chi connectivity index (χ1v) is 7.00. The minimum atomic E-state index is -0.984. The molecule has 5 nitrogen and oxygen atoms in total. The zero-order valence-electron chi connectivity index (χ0n) is 10.2. The lowest BCUT2D eigenvalue weighted by molar-refractivity contribution is -0.137. The molecule has 0 saturated heterocycles. The van der Waals surface area contributed by atoms with E-state index in [9.17, 15) is 9.59 Å². The molecular formula is C13H11ClN2O3S. The molecule has 0 saturated carbocycles. The fraction of sp³-hybridized carbons (Fsp3) is 0.154. The van der Waals surface area contributed by atoms with Crippen molar-refractivity contribution in [2.45, 2.75) is 12.5 Å². The van der Waals surface area contributed by atoms with Gasteiger partial charge in [0.25, 0.3) is 5.91 Å². The minimum Gasteiger partial charge on any atom is -0.481 e. The highest BCUT2D eigenvalue weighted by molar-refractivity contribution is 7.10. The van der Waals surface area contributed by atoms with Crippen LogP contribution in [0.2, 0.25) is 5.15 Å². The molecule has 2 heterocycles. The molecule has 0 bridgehead atoms. The molecule has 0 spiro atoms. The van der Waals surface area contributed by atoms with Crippen LogP contribution in [0, 0.1) is 0 Å². The number of aromatic nitrogens is 1. The molecule has 7 heteroatoms. The molecule has 1 atom stereocenters. The Hall–Kier alpha value is -1.92. The van der Waals surface area contributed by atoms with Crippen molar-refractivity contribution in [3.05, 3.63) is 51.4 Å². The quantitative estimate of drug-likeness (QED) is 0.832. The van der Waals surface area contributed by atoms with Crippen molar-refractivity contribution in [1.82, 2.24) is 10.3 Å². The molecule has 0 aliphatic rings. The summed E-state index contributed by atoms with van der Waals surface area (Å²) in [4.78, 5) is 27.6. The Labute approximate surface area is 124 Å². The van der Waals surface area contributed by atoms with E-state index in [-0.39, 0.29) is 17.3 Å². The third-order valence-corrected chi connectivity index (χ3v) is 3.71. The molecule has 104 valence electrons. The number of thiophene rings is 1. The Morgan fingerprint density at radius 2 is 2.15 bits per heavy atom. The van der Waals surface area contributed by atoms with Gasteiger partial charge in [0.15, 0.2) is 0 Å². The molecule has 0 radical (unpaired) electrons. The maximum absolute atomic E-state index is 12.1. The number of amides is 1. The molecular weight excluding hydrogens is 300 g/mol. The van der Waals surface area contributed by atoms with Crippen LogP contribution in [-0.4, -0.2) is 22.0 Å². The largest absolute Gasteiger partial charge is 0.481 e. The Bertz CT molecular complexity index is 616. The van der Waals surface area contributed by atoms with Gasteiger partial charge in [0.05, 0.1) is 12.5 Å². The van der Waals surface area contributed by atoms with Crippen LogP contribution in [0.4, 0.5) is 0 Å². The smallest absolute Gasteiger partial charge is 0.305 e. The lowest BCUT2D eigenvalue weighted by Gasteiger charge is -2.15. The number of carbonyl (C=O) groups is 2. The second-order valence-electron chi connectivity index (χ2n) is 3.98. The van der Waals surface area contributed by atoms with Crippen LogP contribution in [0.3, 0.4) is 0 Å². The van der Waals surface area contributed by atoms with E-state index in [1.807, 2.05) is 5.38 Å². The lowest BCUT2D eigenvalue weighted by Crippen LogP contribution is -2.30. The van der Waals surface area contributed by atoms with E-state index in [0.29, 0.717) is 0 Å². The van der Waals surface area contributed by atoms with Crippen LogP contribution in [0.25, 0.3) is 0 Å². The van der Waals surface area contributed by atoms with Crippen LogP contribution in [0.5, 0.6) is 0 Å². The SMILES string of the molecule is O=C(O)CC(NC(=O)c1cccc(Cl)n1)c1cccs1. The fourth-order valence-corrected chi connectivity index (χ4v) is 2.60. The van der Waals surface area contributed by atoms with Crippen LogP contribution in [0.1, 0.15) is 27.8 Å². The average Bonchev–Trinajstić information content (AvgIpc) is 2.91. The van der Waals surface area contributed by atoms with Crippen molar-refractivity contribution in [3.63, 3.8) is 0 Å². The van der Waals surface area contributed by atoms with Crippen LogP contribution < -0.4 is 5.32 Å². The molecule has 2 aromatic rings. The number of carboxylic acid groups (broad SMARTS) is 1. The summed E-state index contributed by atoms with van der Waals surface area (Å²) in [6.45, 7) is 0. The van der Waals surface area contributed by atoms with Crippen molar-refractivity contribution < 1.29 is 14.7 Å². The van der Waals surface area contributed by atoms with Gasteiger partial charge < -0.3 is 10.4 Å². The van der Waals surface area contributed by atoms with Gasteiger partial charge in [-0.3, -0.25) is 9.59 Å². The number of hydrogen-bond donors (Lipinski definition) is 2. The normalized spacial score (nSPS) is 11.8. The zero-order chi connectivity index (χ0) is 14.5.